The summed E-state index contributed by atoms with van der Waals surface area (Å²) >= 11 is 7.37. The van der Waals surface area contributed by atoms with Gasteiger partial charge in [0.1, 0.15) is 6.33 Å². The molecule has 2 rings (SSSR count). The summed E-state index contributed by atoms with van der Waals surface area (Å²) in [6.07, 6.45) is 1.22. The van der Waals surface area contributed by atoms with Crippen LogP contribution in [-0.4, -0.2) is 21.9 Å². The van der Waals surface area contributed by atoms with E-state index in [1.165, 1.54) is 6.33 Å². The van der Waals surface area contributed by atoms with Gasteiger partial charge in [0, 0.05) is 11.9 Å². The standard InChI is InChI=1S/C11H11ClN4O2S/c1-7(8-4-3-5-19-8)15(2)11-9(16(17)18)10(12)13-6-14-11/h3-7H,1-2H3. The molecule has 8 heteroatoms. The highest BCUT2D eigenvalue weighted by Gasteiger charge is 2.27. The molecule has 0 radical (unpaired) electrons. The molecule has 0 saturated carbocycles. The van der Waals surface area contributed by atoms with Crippen LogP contribution in [0.15, 0.2) is 23.8 Å². The van der Waals surface area contributed by atoms with Gasteiger partial charge in [0.15, 0.2) is 0 Å². The molecule has 0 aliphatic rings. The quantitative estimate of drug-likeness (QED) is 0.492. The van der Waals surface area contributed by atoms with Crippen molar-refractivity contribution < 1.29 is 4.92 Å². The molecule has 0 fully saturated rings. The molecule has 0 N–H and O–H groups in total. The first-order valence-electron chi connectivity index (χ1n) is 5.43. The van der Waals surface area contributed by atoms with Crippen LogP contribution in [0.1, 0.15) is 17.8 Å². The van der Waals surface area contributed by atoms with Gasteiger partial charge in [-0.15, -0.1) is 11.3 Å². The average molecular weight is 299 g/mol. The van der Waals surface area contributed by atoms with E-state index in [2.05, 4.69) is 9.97 Å². The number of aromatic nitrogens is 2. The zero-order chi connectivity index (χ0) is 14.0. The molecule has 2 heterocycles. The monoisotopic (exact) mass is 298 g/mol. The zero-order valence-electron chi connectivity index (χ0n) is 10.3. The number of thiophene rings is 1. The minimum absolute atomic E-state index is 0.0373. The van der Waals surface area contributed by atoms with Crippen molar-refractivity contribution in [1.29, 1.82) is 0 Å². The Balaban J connectivity index is 2.42. The van der Waals surface area contributed by atoms with Crippen LogP contribution in [0.4, 0.5) is 11.5 Å². The molecule has 100 valence electrons. The molecule has 19 heavy (non-hydrogen) atoms. The molecule has 6 nitrogen and oxygen atoms in total. The van der Waals surface area contributed by atoms with Crippen LogP contribution in [0.3, 0.4) is 0 Å². The largest absolute Gasteiger partial charge is 0.348 e. The lowest BCUT2D eigenvalue weighted by Crippen LogP contribution is -2.23. The lowest BCUT2D eigenvalue weighted by Gasteiger charge is -2.24. The van der Waals surface area contributed by atoms with E-state index in [0.717, 1.165) is 4.88 Å². The first kappa shape index (κ1) is 13.7. The van der Waals surface area contributed by atoms with E-state index in [0.29, 0.717) is 0 Å². The smallest absolute Gasteiger partial charge is 0.346 e. The van der Waals surface area contributed by atoms with E-state index in [1.54, 1.807) is 23.3 Å². The van der Waals surface area contributed by atoms with E-state index >= 15 is 0 Å². The predicted octanol–water partition coefficient (Wildman–Crippen LogP) is 3.30. The normalized spacial score (nSPS) is 12.2. The van der Waals surface area contributed by atoms with E-state index in [1.807, 2.05) is 24.4 Å². The van der Waals surface area contributed by atoms with Gasteiger partial charge in [-0.25, -0.2) is 9.97 Å². The molecular formula is C11H11ClN4O2S. The summed E-state index contributed by atoms with van der Waals surface area (Å²) in [6.45, 7) is 1.95. The summed E-state index contributed by atoms with van der Waals surface area (Å²) in [5.41, 5.74) is -0.268. The highest BCUT2D eigenvalue weighted by atomic mass is 35.5. The lowest BCUT2D eigenvalue weighted by atomic mass is 10.2. The maximum atomic E-state index is 11.1. The summed E-state index contributed by atoms with van der Waals surface area (Å²) in [5, 5.41) is 12.9. The second kappa shape index (κ2) is 5.50. The molecule has 0 aromatic carbocycles. The fraction of sp³-hybridized carbons (Fsp3) is 0.273. The summed E-state index contributed by atoms with van der Waals surface area (Å²) in [7, 11) is 1.75. The summed E-state index contributed by atoms with van der Waals surface area (Å²) < 4.78 is 0. The number of nitrogens with zero attached hydrogens (tertiary/aromatic N) is 4. The van der Waals surface area contributed by atoms with Gasteiger partial charge in [-0.2, -0.15) is 0 Å². The molecule has 0 aliphatic heterocycles. The molecule has 2 aromatic heterocycles. The number of nitro groups is 1. The van der Waals surface area contributed by atoms with Gasteiger partial charge in [0.25, 0.3) is 0 Å². The Morgan fingerprint density at radius 1 is 1.53 bits per heavy atom. The minimum Gasteiger partial charge on any atom is -0.346 e. The summed E-state index contributed by atoms with van der Waals surface area (Å²) in [6, 6.07) is 3.87. The summed E-state index contributed by atoms with van der Waals surface area (Å²) in [5.74, 6) is 0.214. The van der Waals surface area contributed by atoms with Crippen LogP contribution in [0.5, 0.6) is 0 Å². The third-order valence-electron chi connectivity index (χ3n) is 2.81. The Hall–Kier alpha value is -1.73. The van der Waals surface area contributed by atoms with Gasteiger partial charge < -0.3 is 4.90 Å². The van der Waals surface area contributed by atoms with Crippen LogP contribution in [0.25, 0.3) is 0 Å². The van der Waals surface area contributed by atoms with Gasteiger partial charge in [-0.1, -0.05) is 17.7 Å². The minimum atomic E-state index is -0.560. The summed E-state index contributed by atoms with van der Waals surface area (Å²) in [4.78, 5) is 21.0. The zero-order valence-corrected chi connectivity index (χ0v) is 11.9. The first-order chi connectivity index (χ1) is 9.02. The van der Waals surface area contributed by atoms with E-state index < -0.39 is 4.92 Å². The third-order valence-corrected chi connectivity index (χ3v) is 4.13. The maximum Gasteiger partial charge on any atom is 0.348 e. The van der Waals surface area contributed by atoms with E-state index in [9.17, 15) is 10.1 Å². The third kappa shape index (κ3) is 2.66. The molecule has 1 atom stereocenters. The van der Waals surface area contributed by atoms with Gasteiger partial charge in [0.05, 0.1) is 11.0 Å². The Labute approximate surface area is 118 Å². The Morgan fingerprint density at radius 2 is 2.26 bits per heavy atom. The van der Waals surface area contributed by atoms with Crippen molar-refractivity contribution in [2.45, 2.75) is 13.0 Å². The number of halogens is 1. The predicted molar refractivity (Wildman–Crippen MR) is 74.8 cm³/mol. The number of hydrogen-bond donors (Lipinski definition) is 0. The van der Waals surface area contributed by atoms with Gasteiger partial charge in [0.2, 0.25) is 11.0 Å². The second-order valence-electron chi connectivity index (χ2n) is 3.90. The number of rotatable bonds is 4. The topological polar surface area (TPSA) is 72.2 Å². The Morgan fingerprint density at radius 3 is 2.84 bits per heavy atom. The molecule has 0 aliphatic carbocycles. The van der Waals surface area contributed by atoms with Gasteiger partial charge in [-0.05, 0) is 18.4 Å². The van der Waals surface area contributed by atoms with Crippen LogP contribution in [-0.2, 0) is 0 Å². The van der Waals surface area contributed by atoms with Crippen LogP contribution in [0, 0.1) is 10.1 Å². The van der Waals surface area contributed by atoms with Gasteiger partial charge in [-0.3, -0.25) is 10.1 Å². The van der Waals surface area contributed by atoms with Crippen LogP contribution >= 0.6 is 22.9 Å². The second-order valence-corrected chi connectivity index (χ2v) is 5.23. The molecular weight excluding hydrogens is 288 g/mol. The highest BCUT2D eigenvalue weighted by Crippen LogP contribution is 2.35. The highest BCUT2D eigenvalue weighted by molar-refractivity contribution is 7.10. The van der Waals surface area contributed by atoms with Crippen molar-refractivity contribution >= 4 is 34.4 Å². The number of hydrogen-bond acceptors (Lipinski definition) is 6. The Bertz CT molecular complexity index is 590. The number of anilines is 1. The van der Waals surface area contributed by atoms with Crippen molar-refractivity contribution in [3.63, 3.8) is 0 Å². The average Bonchev–Trinajstić information content (AvgIpc) is 2.90. The first-order valence-corrected chi connectivity index (χ1v) is 6.69. The van der Waals surface area contributed by atoms with Crippen molar-refractivity contribution in [2.75, 3.05) is 11.9 Å². The van der Waals surface area contributed by atoms with Crippen LogP contribution < -0.4 is 4.90 Å². The van der Waals surface area contributed by atoms with Crippen molar-refractivity contribution in [1.82, 2.24) is 9.97 Å². The van der Waals surface area contributed by atoms with Gasteiger partial charge >= 0.3 is 5.69 Å². The molecule has 0 saturated heterocycles. The molecule has 1 unspecified atom stereocenters. The fourth-order valence-corrected chi connectivity index (χ4v) is 2.69. The van der Waals surface area contributed by atoms with Crippen LogP contribution in [0.2, 0.25) is 5.15 Å². The van der Waals surface area contributed by atoms with Crippen molar-refractivity contribution in [3.05, 3.63) is 44.0 Å². The lowest BCUT2D eigenvalue weighted by molar-refractivity contribution is -0.384. The molecule has 2 aromatic rings. The molecule has 0 bridgehead atoms. The van der Waals surface area contributed by atoms with Crippen molar-refractivity contribution in [2.24, 2.45) is 0 Å². The molecule has 0 spiro atoms. The van der Waals surface area contributed by atoms with Crippen molar-refractivity contribution in [3.8, 4) is 0 Å². The fourth-order valence-electron chi connectivity index (χ4n) is 1.67. The SMILES string of the molecule is CC(c1cccs1)N(C)c1ncnc(Cl)c1[N+](=O)[O-]. The Kier molecular flexibility index (Phi) is 3.96. The van der Waals surface area contributed by atoms with E-state index in [4.69, 9.17) is 11.6 Å². The maximum absolute atomic E-state index is 11.1. The van der Waals surface area contributed by atoms with E-state index in [-0.39, 0.29) is 22.7 Å². The molecule has 0 amide bonds.